The molecule has 142 valence electrons. The van der Waals surface area contributed by atoms with E-state index in [-0.39, 0.29) is 36.3 Å². The zero-order valence-corrected chi connectivity index (χ0v) is 16.1. The van der Waals surface area contributed by atoms with Crippen molar-refractivity contribution in [1.82, 2.24) is 0 Å². The molecule has 4 bridgehead atoms. The van der Waals surface area contributed by atoms with Crippen molar-refractivity contribution in [3.63, 3.8) is 0 Å². The largest absolute Gasteiger partial charge is 0.465 e. The first-order valence-electron chi connectivity index (χ1n) is 10.2. The molecule has 0 spiro atoms. The summed E-state index contributed by atoms with van der Waals surface area (Å²) in [6.45, 7) is 6.66. The highest BCUT2D eigenvalue weighted by Gasteiger charge is 2.51. The molecular weight excluding hydrogens is 316 g/mol. The zero-order chi connectivity index (χ0) is 18.0. The van der Waals surface area contributed by atoms with Gasteiger partial charge >= 0.3 is 11.9 Å². The molecule has 4 fully saturated rings. The van der Waals surface area contributed by atoms with Crippen molar-refractivity contribution >= 4 is 11.9 Å². The van der Waals surface area contributed by atoms with Crippen LogP contribution in [0.5, 0.6) is 0 Å². The summed E-state index contributed by atoms with van der Waals surface area (Å²) < 4.78 is 11.1. The number of hydrogen-bond acceptors (Lipinski definition) is 4. The van der Waals surface area contributed by atoms with E-state index in [0.29, 0.717) is 12.5 Å². The molecule has 4 nitrogen and oxygen atoms in total. The lowest BCUT2D eigenvalue weighted by Gasteiger charge is -2.56. The molecule has 0 radical (unpaired) electrons. The minimum atomic E-state index is -0.285. The van der Waals surface area contributed by atoms with E-state index in [9.17, 15) is 9.59 Å². The van der Waals surface area contributed by atoms with Gasteiger partial charge in [-0.25, -0.2) is 0 Å². The number of hydrogen-bond donors (Lipinski definition) is 0. The predicted molar refractivity (Wildman–Crippen MR) is 95.8 cm³/mol. The van der Waals surface area contributed by atoms with Crippen LogP contribution >= 0.6 is 0 Å². The van der Waals surface area contributed by atoms with Crippen molar-refractivity contribution in [1.29, 1.82) is 0 Å². The normalized spacial score (nSPS) is 34.2. The Morgan fingerprint density at radius 1 is 0.960 bits per heavy atom. The van der Waals surface area contributed by atoms with Gasteiger partial charge in [-0.1, -0.05) is 20.8 Å². The van der Waals surface area contributed by atoms with Gasteiger partial charge < -0.3 is 9.47 Å². The molecule has 0 aromatic carbocycles. The Balaban J connectivity index is 1.39. The number of ether oxygens (including phenoxy) is 2. The lowest BCUT2D eigenvalue weighted by Crippen LogP contribution is -2.48. The average molecular weight is 350 g/mol. The van der Waals surface area contributed by atoms with E-state index in [4.69, 9.17) is 9.47 Å². The third kappa shape index (κ3) is 4.57. The van der Waals surface area contributed by atoms with Gasteiger partial charge in [0, 0.05) is 5.41 Å². The molecule has 4 aliphatic carbocycles. The maximum Gasteiger partial charge on any atom is 0.306 e. The first-order valence-corrected chi connectivity index (χ1v) is 10.2. The molecule has 4 rings (SSSR count). The van der Waals surface area contributed by atoms with Crippen LogP contribution in [0.1, 0.15) is 78.6 Å². The summed E-state index contributed by atoms with van der Waals surface area (Å²) in [5.74, 6) is 2.36. The van der Waals surface area contributed by atoms with Gasteiger partial charge in [-0.2, -0.15) is 0 Å². The van der Waals surface area contributed by atoms with Crippen LogP contribution in [0.25, 0.3) is 0 Å². The number of rotatable bonds is 8. The predicted octanol–water partition coefficient (Wildman–Crippen LogP) is 4.50. The summed E-state index contributed by atoms with van der Waals surface area (Å²) in [5, 5.41) is 0. The summed E-state index contributed by atoms with van der Waals surface area (Å²) in [7, 11) is 0. The molecule has 0 amide bonds. The van der Waals surface area contributed by atoms with Crippen molar-refractivity contribution in [2.75, 3.05) is 6.61 Å². The van der Waals surface area contributed by atoms with Crippen LogP contribution in [0.4, 0.5) is 0 Å². The molecule has 0 aromatic rings. The van der Waals surface area contributed by atoms with Crippen molar-refractivity contribution in [2.24, 2.45) is 29.1 Å². The summed E-state index contributed by atoms with van der Waals surface area (Å²) in [6, 6.07) is 0. The van der Waals surface area contributed by atoms with Gasteiger partial charge in [0.2, 0.25) is 0 Å². The average Bonchev–Trinajstić information content (AvgIpc) is 2.54. The van der Waals surface area contributed by atoms with Crippen LogP contribution in [0, 0.1) is 29.1 Å². The van der Waals surface area contributed by atoms with E-state index in [0.717, 1.165) is 24.2 Å². The molecule has 0 N–H and O–H groups in total. The number of carbonyl (C=O) groups excluding carboxylic acids is 2. The highest BCUT2D eigenvalue weighted by atomic mass is 16.5. The molecule has 0 aliphatic heterocycles. The van der Waals surface area contributed by atoms with Crippen LogP contribution in [0.2, 0.25) is 0 Å². The summed E-state index contributed by atoms with van der Waals surface area (Å²) in [6.07, 6.45) is 8.91. The first-order chi connectivity index (χ1) is 11.9. The fourth-order valence-electron chi connectivity index (χ4n) is 5.90. The highest BCUT2D eigenvalue weighted by Crippen LogP contribution is 2.60. The standard InChI is InChI=1S/C21H34O4/c1-4-18(14(2)3)25-20(23)6-5-19(22)24-13-21-10-15-7-16(11-21)9-17(8-15)12-21/h14-18H,4-13H2,1-3H3. The second-order valence-corrected chi connectivity index (χ2v) is 9.26. The molecule has 4 heteroatoms. The van der Waals surface area contributed by atoms with E-state index in [1.165, 1.54) is 38.5 Å². The molecule has 1 atom stereocenters. The van der Waals surface area contributed by atoms with Gasteiger partial charge in [0.25, 0.3) is 0 Å². The van der Waals surface area contributed by atoms with E-state index in [1.807, 2.05) is 20.8 Å². The Kier molecular flexibility index (Phi) is 5.75. The zero-order valence-electron chi connectivity index (χ0n) is 16.1. The van der Waals surface area contributed by atoms with Crippen LogP contribution < -0.4 is 0 Å². The lowest BCUT2D eigenvalue weighted by molar-refractivity contribution is -0.160. The van der Waals surface area contributed by atoms with Gasteiger partial charge in [0.15, 0.2) is 0 Å². The second-order valence-electron chi connectivity index (χ2n) is 9.26. The minimum absolute atomic E-state index is 0.0597. The van der Waals surface area contributed by atoms with Gasteiger partial charge in [-0.3, -0.25) is 9.59 Å². The first kappa shape index (κ1) is 18.7. The third-order valence-corrected chi connectivity index (χ3v) is 6.67. The lowest BCUT2D eigenvalue weighted by atomic mass is 9.50. The molecular formula is C21H34O4. The second kappa shape index (κ2) is 7.67. The van der Waals surface area contributed by atoms with Gasteiger partial charge in [-0.15, -0.1) is 0 Å². The van der Waals surface area contributed by atoms with Crippen molar-refractivity contribution in [3.05, 3.63) is 0 Å². The Morgan fingerprint density at radius 2 is 1.48 bits per heavy atom. The van der Waals surface area contributed by atoms with Crippen LogP contribution in [-0.2, 0) is 19.1 Å². The van der Waals surface area contributed by atoms with E-state index in [1.54, 1.807) is 0 Å². The summed E-state index contributed by atoms with van der Waals surface area (Å²) in [5.41, 5.74) is 0.246. The highest BCUT2D eigenvalue weighted by molar-refractivity contribution is 5.77. The quantitative estimate of drug-likeness (QED) is 0.605. The van der Waals surface area contributed by atoms with Crippen LogP contribution in [0.3, 0.4) is 0 Å². The topological polar surface area (TPSA) is 52.6 Å². The minimum Gasteiger partial charge on any atom is -0.465 e. The molecule has 4 aliphatic rings. The number of esters is 2. The maximum absolute atomic E-state index is 12.1. The Labute approximate surface area is 152 Å². The van der Waals surface area contributed by atoms with Crippen LogP contribution in [-0.4, -0.2) is 24.6 Å². The third-order valence-electron chi connectivity index (χ3n) is 6.67. The number of carbonyl (C=O) groups is 2. The summed E-state index contributed by atoms with van der Waals surface area (Å²) in [4.78, 5) is 24.0. The molecule has 0 saturated heterocycles. The van der Waals surface area contributed by atoms with E-state index in [2.05, 4.69) is 0 Å². The van der Waals surface area contributed by atoms with E-state index >= 15 is 0 Å². The molecule has 25 heavy (non-hydrogen) atoms. The fourth-order valence-corrected chi connectivity index (χ4v) is 5.90. The van der Waals surface area contributed by atoms with Crippen LogP contribution in [0.15, 0.2) is 0 Å². The van der Waals surface area contributed by atoms with Gasteiger partial charge in [-0.05, 0) is 68.6 Å². The van der Waals surface area contributed by atoms with Crippen molar-refractivity contribution < 1.29 is 19.1 Å². The Hall–Kier alpha value is -1.06. The Morgan fingerprint density at radius 3 is 1.96 bits per heavy atom. The maximum atomic E-state index is 12.1. The smallest absolute Gasteiger partial charge is 0.306 e. The van der Waals surface area contributed by atoms with Gasteiger partial charge in [0.1, 0.15) is 6.10 Å². The molecule has 0 aromatic heterocycles. The molecule has 4 saturated carbocycles. The summed E-state index contributed by atoms with van der Waals surface area (Å²) >= 11 is 0. The van der Waals surface area contributed by atoms with Gasteiger partial charge in [0.05, 0.1) is 19.4 Å². The molecule has 0 heterocycles. The van der Waals surface area contributed by atoms with Crippen molar-refractivity contribution in [3.8, 4) is 0 Å². The Bertz CT molecular complexity index is 461. The monoisotopic (exact) mass is 350 g/mol. The SMILES string of the molecule is CCC(OC(=O)CCC(=O)OCC12CC3CC(CC(C3)C1)C2)C(C)C. The van der Waals surface area contributed by atoms with Crippen molar-refractivity contribution in [2.45, 2.75) is 84.7 Å². The fraction of sp³-hybridized carbons (Fsp3) is 0.905. The van der Waals surface area contributed by atoms with E-state index < -0.39 is 0 Å². The molecule has 1 unspecified atom stereocenters.